The van der Waals surface area contributed by atoms with Gasteiger partial charge in [-0.2, -0.15) is 0 Å². The Morgan fingerprint density at radius 2 is 0.526 bits per heavy atom. The fraction of sp³-hybridized carbons (Fsp3) is 0.625. The van der Waals surface area contributed by atoms with Crippen molar-refractivity contribution in [3.63, 3.8) is 0 Å². The number of hydrogen-bond donors (Lipinski definition) is 0. The summed E-state index contributed by atoms with van der Waals surface area (Å²) in [6, 6.07) is 0. The van der Waals surface area contributed by atoms with E-state index in [0.717, 1.165) is 122 Å². The molecule has 0 radical (unpaired) electrons. The van der Waals surface area contributed by atoms with Gasteiger partial charge in [-0.05, 0) is 128 Å². The molecular weight excluding hydrogens is 961 g/mol. The standard InChI is InChI=1S/C72H116O6/c1-4-7-10-13-16-19-22-25-27-28-29-30-31-32-33-34-35-36-37-38-39-40-41-42-43-44-45-48-50-53-56-59-62-65-71(74)77-68-69(67-76-70(73)64-61-58-55-52-49-46-24-21-18-15-12-9-6-3)78-72(75)66-63-60-57-54-51-47-26-23-20-17-14-11-8-5-2/h7,9-10,12,16,18-19,21,23,25-27,29-30,32-33,35-36,38-39,46,49,55,58,69H,4-6,8,11,13-15,17,20,22,24,28,31,34,37,40-45,47-48,50-54,56-57,59-68H2,1-3H3/b10-7-,12-9-,19-16-,21-18-,26-23-,27-25-,30-29-,33-32-,36-35-,39-38-,49-46-,58-55-. The first-order chi connectivity index (χ1) is 38.5. The highest BCUT2D eigenvalue weighted by molar-refractivity contribution is 5.71. The lowest BCUT2D eigenvalue weighted by Gasteiger charge is -2.18. The summed E-state index contributed by atoms with van der Waals surface area (Å²) in [5, 5.41) is 0. The Bertz CT molecular complexity index is 1710. The van der Waals surface area contributed by atoms with Gasteiger partial charge in [-0.3, -0.25) is 14.4 Å². The van der Waals surface area contributed by atoms with E-state index in [2.05, 4.69) is 161 Å². The summed E-state index contributed by atoms with van der Waals surface area (Å²) < 4.78 is 16.8. The molecule has 0 aromatic heterocycles. The molecule has 78 heavy (non-hydrogen) atoms. The maximum absolute atomic E-state index is 12.9. The minimum absolute atomic E-state index is 0.108. The highest BCUT2D eigenvalue weighted by Gasteiger charge is 2.19. The number of hydrogen-bond acceptors (Lipinski definition) is 6. The Hall–Kier alpha value is -4.71. The quantitative estimate of drug-likeness (QED) is 0.0261. The number of ether oxygens (including phenoxy) is 3. The third kappa shape index (κ3) is 62.1. The highest BCUT2D eigenvalue weighted by Crippen LogP contribution is 2.15. The average molecular weight is 1080 g/mol. The molecule has 0 aliphatic heterocycles. The second-order valence-electron chi connectivity index (χ2n) is 20.5. The van der Waals surface area contributed by atoms with Crippen molar-refractivity contribution < 1.29 is 28.6 Å². The van der Waals surface area contributed by atoms with Crippen LogP contribution in [0.1, 0.15) is 271 Å². The Kier molecular flexibility index (Phi) is 60.9. The molecule has 0 aromatic carbocycles. The predicted molar refractivity (Wildman–Crippen MR) is 339 cm³/mol. The van der Waals surface area contributed by atoms with Crippen molar-refractivity contribution >= 4 is 17.9 Å². The van der Waals surface area contributed by atoms with E-state index in [0.29, 0.717) is 19.3 Å². The molecule has 6 nitrogen and oxygen atoms in total. The molecule has 0 N–H and O–H groups in total. The first-order valence-electron chi connectivity index (χ1n) is 31.8. The molecule has 0 aliphatic carbocycles. The fourth-order valence-corrected chi connectivity index (χ4v) is 8.37. The predicted octanol–water partition coefficient (Wildman–Crippen LogP) is 21.9. The minimum Gasteiger partial charge on any atom is -0.462 e. The fourth-order valence-electron chi connectivity index (χ4n) is 8.37. The lowest BCUT2D eigenvalue weighted by atomic mass is 10.0. The van der Waals surface area contributed by atoms with E-state index in [9.17, 15) is 14.4 Å². The van der Waals surface area contributed by atoms with Crippen LogP contribution in [0.3, 0.4) is 0 Å². The van der Waals surface area contributed by atoms with E-state index in [-0.39, 0.29) is 37.5 Å². The number of unbranched alkanes of at least 4 members (excludes halogenated alkanes) is 21. The molecule has 0 spiro atoms. The van der Waals surface area contributed by atoms with E-state index in [1.807, 2.05) is 6.08 Å². The second-order valence-corrected chi connectivity index (χ2v) is 20.5. The summed E-state index contributed by atoms with van der Waals surface area (Å²) >= 11 is 0. The van der Waals surface area contributed by atoms with Crippen LogP contribution < -0.4 is 0 Å². The molecule has 0 saturated carbocycles. The number of allylic oxidation sites excluding steroid dienone is 24. The summed E-state index contributed by atoms with van der Waals surface area (Å²) in [5.74, 6) is -1.01. The molecule has 0 heterocycles. The third-order valence-corrected chi connectivity index (χ3v) is 13.1. The topological polar surface area (TPSA) is 78.9 Å². The van der Waals surface area contributed by atoms with Crippen LogP contribution in [0.5, 0.6) is 0 Å². The number of rotatable bonds is 56. The van der Waals surface area contributed by atoms with Gasteiger partial charge in [0.15, 0.2) is 6.10 Å². The van der Waals surface area contributed by atoms with Gasteiger partial charge >= 0.3 is 17.9 Å². The van der Waals surface area contributed by atoms with Gasteiger partial charge in [0.25, 0.3) is 0 Å². The SMILES string of the molecule is CC/C=C\C/C=C\C/C=C\C/C=C\C/C=C\C/C=C\C/C=C\CCCCCCCCCCCCCC(=O)OCC(COC(=O)CC/C=C\C/C=C\C/C=C\C/C=C\CC)OC(=O)CCCCCCC/C=C\CCCCCCC. The molecule has 0 aliphatic rings. The van der Waals surface area contributed by atoms with E-state index >= 15 is 0 Å². The van der Waals surface area contributed by atoms with Crippen molar-refractivity contribution in [2.45, 2.75) is 277 Å². The Balaban J connectivity index is 4.27. The van der Waals surface area contributed by atoms with E-state index < -0.39 is 6.10 Å². The van der Waals surface area contributed by atoms with Crippen molar-refractivity contribution in [2.75, 3.05) is 13.2 Å². The summed E-state index contributed by atoms with van der Waals surface area (Å²) in [4.78, 5) is 38.2. The lowest BCUT2D eigenvalue weighted by molar-refractivity contribution is -0.166. The van der Waals surface area contributed by atoms with Gasteiger partial charge in [0.2, 0.25) is 0 Å². The molecular formula is C72H116O6. The second kappa shape index (κ2) is 64.8. The molecule has 0 bridgehead atoms. The average Bonchev–Trinajstić information content (AvgIpc) is 3.44. The van der Waals surface area contributed by atoms with Crippen LogP contribution >= 0.6 is 0 Å². The van der Waals surface area contributed by atoms with Crippen molar-refractivity contribution in [3.8, 4) is 0 Å². The van der Waals surface area contributed by atoms with Crippen molar-refractivity contribution in [1.29, 1.82) is 0 Å². The summed E-state index contributed by atoms with van der Waals surface area (Å²) in [6.45, 7) is 6.32. The summed E-state index contributed by atoms with van der Waals surface area (Å²) in [5.41, 5.74) is 0. The maximum atomic E-state index is 12.9. The van der Waals surface area contributed by atoms with Gasteiger partial charge in [-0.25, -0.2) is 0 Å². The molecule has 0 aromatic rings. The minimum atomic E-state index is -0.817. The summed E-state index contributed by atoms with van der Waals surface area (Å²) in [6.07, 6.45) is 93.1. The van der Waals surface area contributed by atoms with Crippen molar-refractivity contribution in [3.05, 3.63) is 146 Å². The zero-order valence-electron chi connectivity index (χ0n) is 50.4. The molecule has 0 saturated heterocycles. The van der Waals surface area contributed by atoms with Gasteiger partial charge in [0.05, 0.1) is 0 Å². The van der Waals surface area contributed by atoms with Crippen molar-refractivity contribution in [1.82, 2.24) is 0 Å². The Morgan fingerprint density at radius 3 is 0.872 bits per heavy atom. The van der Waals surface area contributed by atoms with E-state index in [1.54, 1.807) is 0 Å². The van der Waals surface area contributed by atoms with Gasteiger partial charge in [0, 0.05) is 19.3 Å². The van der Waals surface area contributed by atoms with Gasteiger partial charge < -0.3 is 14.2 Å². The third-order valence-electron chi connectivity index (χ3n) is 13.1. The van der Waals surface area contributed by atoms with Gasteiger partial charge in [-0.1, -0.05) is 269 Å². The zero-order valence-corrected chi connectivity index (χ0v) is 50.4. The zero-order chi connectivity index (χ0) is 56.4. The number of carbonyl (C=O) groups is 3. The molecule has 0 rings (SSSR count). The molecule has 1 atom stereocenters. The number of carbonyl (C=O) groups excluding carboxylic acids is 3. The first-order valence-corrected chi connectivity index (χ1v) is 31.8. The molecule has 0 fully saturated rings. The molecule has 0 amide bonds. The van der Waals surface area contributed by atoms with Crippen LogP contribution in [-0.2, 0) is 28.6 Å². The Morgan fingerprint density at radius 1 is 0.269 bits per heavy atom. The normalized spacial score (nSPS) is 13.1. The molecule has 1 unspecified atom stereocenters. The van der Waals surface area contributed by atoms with Crippen LogP contribution in [-0.4, -0.2) is 37.2 Å². The largest absolute Gasteiger partial charge is 0.462 e. The monoisotopic (exact) mass is 1080 g/mol. The lowest BCUT2D eigenvalue weighted by Crippen LogP contribution is -2.30. The van der Waals surface area contributed by atoms with Crippen LogP contribution in [0.25, 0.3) is 0 Å². The highest BCUT2D eigenvalue weighted by atomic mass is 16.6. The van der Waals surface area contributed by atoms with Crippen molar-refractivity contribution in [2.24, 2.45) is 0 Å². The van der Waals surface area contributed by atoms with E-state index in [1.165, 1.54) is 103 Å². The number of esters is 3. The van der Waals surface area contributed by atoms with Crippen LogP contribution in [0.2, 0.25) is 0 Å². The smallest absolute Gasteiger partial charge is 0.306 e. The van der Waals surface area contributed by atoms with Gasteiger partial charge in [-0.15, -0.1) is 0 Å². The van der Waals surface area contributed by atoms with Crippen LogP contribution in [0.15, 0.2) is 146 Å². The summed E-state index contributed by atoms with van der Waals surface area (Å²) in [7, 11) is 0. The molecule has 440 valence electrons. The van der Waals surface area contributed by atoms with Gasteiger partial charge in [0.1, 0.15) is 13.2 Å². The Labute approximate surface area is 480 Å². The van der Waals surface area contributed by atoms with E-state index in [4.69, 9.17) is 14.2 Å². The first kappa shape index (κ1) is 73.3. The maximum Gasteiger partial charge on any atom is 0.306 e. The van der Waals surface area contributed by atoms with Crippen LogP contribution in [0, 0.1) is 0 Å². The molecule has 6 heteroatoms. The van der Waals surface area contributed by atoms with Crippen LogP contribution in [0.4, 0.5) is 0 Å².